The predicted molar refractivity (Wildman–Crippen MR) is 69.6 cm³/mol. The highest BCUT2D eigenvalue weighted by atomic mass is 16.3. The van der Waals surface area contributed by atoms with E-state index in [1.165, 1.54) is 0 Å². The Balaban J connectivity index is 2.81. The average molecular weight is 222 g/mol. The van der Waals surface area contributed by atoms with Gasteiger partial charge in [0.2, 0.25) is 0 Å². The van der Waals surface area contributed by atoms with Gasteiger partial charge in [0.05, 0.1) is 0 Å². The molecule has 0 spiro atoms. The lowest BCUT2D eigenvalue weighted by atomic mass is 9.94. The number of anilines is 2. The third kappa shape index (κ3) is 3.14. The van der Waals surface area contributed by atoms with Crippen LogP contribution in [0.4, 0.5) is 11.4 Å². The summed E-state index contributed by atoms with van der Waals surface area (Å²) in [6.45, 7) is 6.41. The second kappa shape index (κ2) is 5.21. The van der Waals surface area contributed by atoms with Crippen LogP contribution in [0.2, 0.25) is 0 Å². The fraction of sp³-hybridized carbons (Fsp3) is 0.538. The monoisotopic (exact) mass is 222 g/mol. The molecular formula is C13H22N2O. The summed E-state index contributed by atoms with van der Waals surface area (Å²) < 4.78 is 0. The van der Waals surface area contributed by atoms with E-state index in [0.717, 1.165) is 29.8 Å². The van der Waals surface area contributed by atoms with Crippen LogP contribution in [0, 0.1) is 6.92 Å². The summed E-state index contributed by atoms with van der Waals surface area (Å²) in [4.78, 5) is 0. The number of benzene rings is 1. The van der Waals surface area contributed by atoms with Crippen molar-refractivity contribution >= 4 is 11.4 Å². The fourth-order valence-corrected chi connectivity index (χ4v) is 1.64. The molecule has 4 N–H and O–H groups in total. The lowest BCUT2D eigenvalue weighted by Gasteiger charge is -2.30. The summed E-state index contributed by atoms with van der Waals surface area (Å²) in [5.41, 5.74) is 8.69. The highest BCUT2D eigenvalue weighted by Crippen LogP contribution is 2.24. The number of nitrogen functional groups attached to an aromatic ring is 1. The Morgan fingerprint density at radius 3 is 2.62 bits per heavy atom. The Bertz CT molecular complexity index is 352. The minimum Gasteiger partial charge on any atom is -0.398 e. The zero-order valence-electron chi connectivity index (χ0n) is 10.4. The molecule has 1 aromatic carbocycles. The normalized spacial score (nSPS) is 14.5. The van der Waals surface area contributed by atoms with E-state index in [2.05, 4.69) is 19.2 Å². The standard InChI is InChI=1S/C13H22N2O/c1-4-13(3,7-8-16)15-11-6-5-10(2)12(14)9-11/h5-6,9,15-16H,4,7-8,14H2,1-3H3. The number of nitrogens with one attached hydrogen (secondary N) is 1. The van der Waals surface area contributed by atoms with E-state index in [1.807, 2.05) is 25.1 Å². The molecule has 1 rings (SSSR count). The first-order valence-electron chi connectivity index (χ1n) is 5.76. The molecule has 90 valence electrons. The van der Waals surface area contributed by atoms with Crippen LogP contribution in [0.1, 0.15) is 32.3 Å². The van der Waals surface area contributed by atoms with Crippen molar-refractivity contribution < 1.29 is 5.11 Å². The number of hydrogen-bond acceptors (Lipinski definition) is 3. The van der Waals surface area contributed by atoms with Crippen LogP contribution in [0.3, 0.4) is 0 Å². The van der Waals surface area contributed by atoms with Crippen LogP contribution in [0.5, 0.6) is 0 Å². The molecule has 1 atom stereocenters. The van der Waals surface area contributed by atoms with Crippen LogP contribution >= 0.6 is 0 Å². The van der Waals surface area contributed by atoms with Crippen molar-refractivity contribution in [2.45, 2.75) is 39.2 Å². The maximum Gasteiger partial charge on any atom is 0.0453 e. The summed E-state index contributed by atoms with van der Waals surface area (Å²) in [7, 11) is 0. The van der Waals surface area contributed by atoms with E-state index in [-0.39, 0.29) is 12.1 Å². The Morgan fingerprint density at radius 2 is 2.12 bits per heavy atom. The lowest BCUT2D eigenvalue weighted by molar-refractivity contribution is 0.252. The van der Waals surface area contributed by atoms with E-state index < -0.39 is 0 Å². The van der Waals surface area contributed by atoms with Crippen LogP contribution in [-0.4, -0.2) is 17.3 Å². The minimum atomic E-state index is -0.0730. The van der Waals surface area contributed by atoms with Crippen molar-refractivity contribution in [3.63, 3.8) is 0 Å². The number of aryl methyl sites for hydroxylation is 1. The molecule has 3 nitrogen and oxygen atoms in total. The van der Waals surface area contributed by atoms with Gasteiger partial charge in [-0.25, -0.2) is 0 Å². The molecule has 1 unspecified atom stereocenters. The van der Waals surface area contributed by atoms with Crippen molar-refractivity contribution in [1.29, 1.82) is 0 Å². The maximum absolute atomic E-state index is 9.05. The van der Waals surface area contributed by atoms with Gasteiger partial charge in [0.15, 0.2) is 0 Å². The SMILES string of the molecule is CCC(C)(CCO)Nc1ccc(C)c(N)c1. The molecule has 16 heavy (non-hydrogen) atoms. The Kier molecular flexibility index (Phi) is 4.19. The number of aliphatic hydroxyl groups is 1. The number of rotatable bonds is 5. The molecule has 0 saturated carbocycles. The first kappa shape index (κ1) is 12.8. The molecule has 3 heteroatoms. The second-order valence-electron chi connectivity index (χ2n) is 4.58. The van der Waals surface area contributed by atoms with Crippen molar-refractivity contribution in [2.24, 2.45) is 0 Å². The molecule has 0 saturated heterocycles. The highest BCUT2D eigenvalue weighted by Gasteiger charge is 2.20. The van der Waals surface area contributed by atoms with E-state index >= 15 is 0 Å². The molecule has 0 heterocycles. The molecule has 0 radical (unpaired) electrons. The van der Waals surface area contributed by atoms with Gasteiger partial charge in [-0.3, -0.25) is 0 Å². The zero-order chi connectivity index (χ0) is 12.2. The molecule has 0 aliphatic rings. The molecule has 0 bridgehead atoms. The van der Waals surface area contributed by atoms with Crippen LogP contribution in [0.25, 0.3) is 0 Å². The summed E-state index contributed by atoms with van der Waals surface area (Å²) in [6, 6.07) is 5.98. The van der Waals surface area contributed by atoms with E-state index in [9.17, 15) is 0 Å². The molecular weight excluding hydrogens is 200 g/mol. The number of nitrogens with two attached hydrogens (primary N) is 1. The van der Waals surface area contributed by atoms with E-state index in [4.69, 9.17) is 10.8 Å². The summed E-state index contributed by atoms with van der Waals surface area (Å²) in [5.74, 6) is 0. The second-order valence-corrected chi connectivity index (χ2v) is 4.58. The van der Waals surface area contributed by atoms with Crippen molar-refractivity contribution in [2.75, 3.05) is 17.7 Å². The van der Waals surface area contributed by atoms with Crippen LogP contribution in [0.15, 0.2) is 18.2 Å². The summed E-state index contributed by atoms with van der Waals surface area (Å²) in [5, 5.41) is 12.5. The molecule has 0 aliphatic carbocycles. The Hall–Kier alpha value is -1.22. The fourth-order valence-electron chi connectivity index (χ4n) is 1.64. The van der Waals surface area contributed by atoms with Gasteiger partial charge in [0.1, 0.15) is 0 Å². The van der Waals surface area contributed by atoms with E-state index in [1.54, 1.807) is 0 Å². The zero-order valence-corrected chi connectivity index (χ0v) is 10.4. The first-order chi connectivity index (χ1) is 7.50. The van der Waals surface area contributed by atoms with Gasteiger partial charge in [-0.1, -0.05) is 13.0 Å². The molecule has 0 fully saturated rings. The van der Waals surface area contributed by atoms with Gasteiger partial charge < -0.3 is 16.2 Å². The third-order valence-electron chi connectivity index (χ3n) is 3.17. The molecule has 0 amide bonds. The van der Waals surface area contributed by atoms with Crippen molar-refractivity contribution in [3.8, 4) is 0 Å². The number of hydrogen-bond donors (Lipinski definition) is 3. The predicted octanol–water partition coefficient (Wildman–Crippen LogP) is 2.54. The van der Waals surface area contributed by atoms with E-state index in [0.29, 0.717) is 0 Å². The third-order valence-corrected chi connectivity index (χ3v) is 3.17. The van der Waals surface area contributed by atoms with Crippen molar-refractivity contribution in [1.82, 2.24) is 0 Å². The summed E-state index contributed by atoms with van der Waals surface area (Å²) in [6.07, 6.45) is 1.69. The highest BCUT2D eigenvalue weighted by molar-refractivity contribution is 5.59. The van der Waals surface area contributed by atoms with Gasteiger partial charge in [-0.05, 0) is 44.4 Å². The Morgan fingerprint density at radius 1 is 1.44 bits per heavy atom. The quantitative estimate of drug-likeness (QED) is 0.671. The first-order valence-corrected chi connectivity index (χ1v) is 5.76. The van der Waals surface area contributed by atoms with Gasteiger partial charge >= 0.3 is 0 Å². The van der Waals surface area contributed by atoms with Crippen LogP contribution < -0.4 is 11.1 Å². The van der Waals surface area contributed by atoms with Gasteiger partial charge in [-0.2, -0.15) is 0 Å². The van der Waals surface area contributed by atoms with Gasteiger partial charge in [-0.15, -0.1) is 0 Å². The van der Waals surface area contributed by atoms with Crippen LogP contribution in [-0.2, 0) is 0 Å². The topological polar surface area (TPSA) is 58.3 Å². The maximum atomic E-state index is 9.05. The minimum absolute atomic E-state index is 0.0730. The number of aliphatic hydroxyl groups excluding tert-OH is 1. The largest absolute Gasteiger partial charge is 0.398 e. The lowest BCUT2D eigenvalue weighted by Crippen LogP contribution is -2.35. The van der Waals surface area contributed by atoms with Gasteiger partial charge in [0, 0.05) is 23.5 Å². The summed E-state index contributed by atoms with van der Waals surface area (Å²) >= 11 is 0. The smallest absolute Gasteiger partial charge is 0.0453 e. The molecule has 1 aromatic rings. The Labute approximate surface area is 97.7 Å². The van der Waals surface area contributed by atoms with Crippen molar-refractivity contribution in [3.05, 3.63) is 23.8 Å². The van der Waals surface area contributed by atoms with Gasteiger partial charge in [0.25, 0.3) is 0 Å². The molecule has 0 aromatic heterocycles. The molecule has 0 aliphatic heterocycles. The average Bonchev–Trinajstić information content (AvgIpc) is 2.24.